The Kier molecular flexibility index (Phi) is 6.74. The third kappa shape index (κ3) is 4.26. The maximum Gasteiger partial charge on any atom is 0.248 e. The van der Waals surface area contributed by atoms with Gasteiger partial charge in [0.15, 0.2) is 16.7 Å². The number of pyridine rings is 2. The van der Waals surface area contributed by atoms with Crippen LogP contribution < -0.4 is 4.74 Å². The smallest absolute Gasteiger partial charge is 0.248 e. The molecular formula is C25H16Cl2FN3O3S2. The van der Waals surface area contributed by atoms with Crippen molar-refractivity contribution in [3.63, 3.8) is 0 Å². The molecule has 0 spiro atoms. The monoisotopic (exact) mass is 559 g/mol. The van der Waals surface area contributed by atoms with Crippen LogP contribution in [-0.4, -0.2) is 26.0 Å². The second-order valence-electron chi connectivity index (χ2n) is 8.01. The summed E-state index contributed by atoms with van der Waals surface area (Å²) in [5.41, 5.74) is 0.154. The Hall–Kier alpha value is -2.98. The van der Waals surface area contributed by atoms with Gasteiger partial charge in [0, 0.05) is 17.5 Å². The van der Waals surface area contributed by atoms with Crippen LogP contribution in [0.1, 0.15) is 29.2 Å². The molecular weight excluding hydrogens is 544 g/mol. The number of halogens is 3. The van der Waals surface area contributed by atoms with Crippen molar-refractivity contribution in [3.05, 3.63) is 104 Å². The number of ether oxygens (including phenoxy) is 1. The van der Waals surface area contributed by atoms with Crippen LogP contribution in [0.5, 0.6) is 11.6 Å². The van der Waals surface area contributed by atoms with Gasteiger partial charge in [0.2, 0.25) is 17.7 Å². The lowest BCUT2D eigenvalue weighted by Gasteiger charge is -2.45. The minimum atomic E-state index is -1.31. The number of rotatable bonds is 5. The van der Waals surface area contributed by atoms with Crippen molar-refractivity contribution in [1.82, 2.24) is 14.3 Å². The second kappa shape index (κ2) is 9.82. The molecule has 4 heterocycles. The molecule has 11 heteroatoms. The van der Waals surface area contributed by atoms with Crippen molar-refractivity contribution in [2.45, 2.75) is 17.9 Å². The summed E-state index contributed by atoms with van der Waals surface area (Å²) in [6, 6.07) is 16.0. The quantitative estimate of drug-likeness (QED) is 0.173. The van der Waals surface area contributed by atoms with Crippen LogP contribution in [0.4, 0.5) is 4.39 Å². The van der Waals surface area contributed by atoms with Gasteiger partial charge in [0.25, 0.3) is 0 Å². The number of amides is 1. The van der Waals surface area contributed by atoms with Gasteiger partial charge >= 0.3 is 0 Å². The van der Waals surface area contributed by atoms with Gasteiger partial charge in [-0.3, -0.25) is 13.9 Å². The molecule has 0 N–H and O–H groups in total. The van der Waals surface area contributed by atoms with Gasteiger partial charge < -0.3 is 4.74 Å². The van der Waals surface area contributed by atoms with E-state index in [-0.39, 0.29) is 29.0 Å². The van der Waals surface area contributed by atoms with E-state index >= 15 is 0 Å². The van der Waals surface area contributed by atoms with Crippen molar-refractivity contribution in [2.75, 3.05) is 0 Å². The summed E-state index contributed by atoms with van der Waals surface area (Å²) >= 11 is 18.4. The van der Waals surface area contributed by atoms with Crippen LogP contribution >= 0.6 is 47.4 Å². The van der Waals surface area contributed by atoms with Gasteiger partial charge in [0.1, 0.15) is 11.5 Å². The minimum absolute atomic E-state index is 0.0931. The zero-order valence-corrected chi connectivity index (χ0v) is 21.5. The fourth-order valence-corrected chi connectivity index (χ4v) is 5.81. The van der Waals surface area contributed by atoms with Gasteiger partial charge in [0.05, 0.1) is 5.69 Å². The predicted octanol–water partition coefficient (Wildman–Crippen LogP) is 6.45. The molecule has 0 bridgehead atoms. The molecule has 1 aromatic carbocycles. The number of thiophene rings is 1. The maximum atomic E-state index is 13.7. The van der Waals surface area contributed by atoms with Crippen LogP contribution in [0.25, 0.3) is 0 Å². The van der Waals surface area contributed by atoms with E-state index in [2.05, 4.69) is 22.8 Å². The second-order valence-corrected chi connectivity index (χ2v) is 9.95. The summed E-state index contributed by atoms with van der Waals surface area (Å²) in [5.74, 6) is -2.46. The SMILES string of the molecule is O=C1C[C@](c2ccsc2)(c2cccc(Oc3ccc(F)nc3Cl)n2)N(S)C(=O)C1c1ccccc1Cl. The van der Waals surface area contributed by atoms with Gasteiger partial charge in [-0.2, -0.15) is 15.7 Å². The number of ketones is 1. The Morgan fingerprint density at radius 2 is 1.86 bits per heavy atom. The highest BCUT2D eigenvalue weighted by molar-refractivity contribution is 7.78. The lowest BCUT2D eigenvalue weighted by Crippen LogP contribution is -2.54. The molecule has 4 aromatic rings. The van der Waals surface area contributed by atoms with E-state index in [1.807, 2.05) is 16.8 Å². The molecule has 6 nitrogen and oxygen atoms in total. The molecule has 1 unspecified atom stereocenters. The zero-order chi connectivity index (χ0) is 25.4. The van der Waals surface area contributed by atoms with E-state index in [0.29, 0.717) is 21.8 Å². The average molecular weight is 560 g/mol. The Morgan fingerprint density at radius 3 is 2.58 bits per heavy atom. The summed E-state index contributed by atoms with van der Waals surface area (Å²) < 4.78 is 20.4. The first-order valence-electron chi connectivity index (χ1n) is 10.6. The molecule has 0 aliphatic carbocycles. The number of aromatic nitrogens is 2. The van der Waals surface area contributed by atoms with E-state index in [1.165, 1.54) is 21.7 Å². The average Bonchev–Trinajstić information content (AvgIpc) is 3.40. The van der Waals surface area contributed by atoms with Crippen molar-refractivity contribution in [2.24, 2.45) is 0 Å². The molecule has 5 rings (SSSR count). The molecule has 2 atom stereocenters. The molecule has 36 heavy (non-hydrogen) atoms. The lowest BCUT2D eigenvalue weighted by atomic mass is 9.75. The fraction of sp³-hybridized carbons (Fsp3) is 0.120. The molecule has 1 aliphatic heterocycles. The van der Waals surface area contributed by atoms with Crippen LogP contribution in [0.2, 0.25) is 10.2 Å². The molecule has 0 radical (unpaired) electrons. The van der Waals surface area contributed by atoms with Crippen molar-refractivity contribution < 1.29 is 18.7 Å². The topological polar surface area (TPSA) is 72.4 Å². The van der Waals surface area contributed by atoms with Gasteiger partial charge in [-0.15, -0.1) is 0 Å². The lowest BCUT2D eigenvalue weighted by molar-refractivity contribution is -0.142. The third-order valence-electron chi connectivity index (χ3n) is 5.93. The minimum Gasteiger partial charge on any atom is -0.436 e. The van der Waals surface area contributed by atoms with E-state index in [9.17, 15) is 14.0 Å². The number of benzene rings is 1. The standard InChI is InChI=1S/C25H16Cl2FN3O3S2/c26-16-5-2-1-4-15(16)22-17(32)12-25(31(35)24(22)33,14-10-11-36-13-14)19-6-3-7-21(29-19)34-18-8-9-20(28)30-23(18)27/h1-11,13,22,35H,12H2/t22?,25-/m0/s1. The summed E-state index contributed by atoms with van der Waals surface area (Å²) in [5, 5.41) is 3.84. The molecule has 1 saturated heterocycles. The van der Waals surface area contributed by atoms with Crippen molar-refractivity contribution >= 4 is 59.0 Å². The van der Waals surface area contributed by atoms with Crippen LogP contribution in [0, 0.1) is 5.95 Å². The highest BCUT2D eigenvalue weighted by Crippen LogP contribution is 2.48. The predicted molar refractivity (Wildman–Crippen MR) is 138 cm³/mol. The Bertz CT molecular complexity index is 1470. The molecule has 1 amide bonds. The normalized spacial score (nSPS) is 20.0. The van der Waals surface area contributed by atoms with Gasteiger partial charge in [-0.1, -0.05) is 60.3 Å². The van der Waals surface area contributed by atoms with E-state index in [4.69, 9.17) is 27.9 Å². The number of carbonyl (C=O) groups is 2. The first kappa shape index (κ1) is 24.7. The molecule has 0 saturated carbocycles. The zero-order valence-electron chi connectivity index (χ0n) is 18.3. The highest BCUT2D eigenvalue weighted by Gasteiger charge is 2.53. The maximum absolute atomic E-state index is 13.7. The van der Waals surface area contributed by atoms with Gasteiger partial charge in [-0.25, -0.2) is 9.97 Å². The third-order valence-corrected chi connectivity index (χ3v) is 7.76. The summed E-state index contributed by atoms with van der Waals surface area (Å²) in [7, 11) is 0. The van der Waals surface area contributed by atoms with Crippen molar-refractivity contribution in [1.29, 1.82) is 0 Å². The largest absolute Gasteiger partial charge is 0.436 e. The summed E-state index contributed by atoms with van der Waals surface area (Å²) in [4.78, 5) is 35.4. The van der Waals surface area contributed by atoms with E-state index < -0.39 is 23.3 Å². The Morgan fingerprint density at radius 1 is 1.06 bits per heavy atom. The fourth-order valence-electron chi connectivity index (χ4n) is 4.25. The number of piperidine rings is 1. The first-order valence-corrected chi connectivity index (χ1v) is 12.7. The summed E-state index contributed by atoms with van der Waals surface area (Å²) in [6.45, 7) is 0. The number of nitrogens with zero attached hydrogens (tertiary/aromatic N) is 3. The van der Waals surface area contributed by atoms with E-state index in [1.54, 1.807) is 42.5 Å². The number of thiol groups is 1. The molecule has 1 aliphatic rings. The molecule has 182 valence electrons. The molecule has 3 aromatic heterocycles. The molecule has 1 fully saturated rings. The van der Waals surface area contributed by atoms with E-state index in [0.717, 1.165) is 6.07 Å². The van der Waals surface area contributed by atoms with Crippen LogP contribution in [0.3, 0.4) is 0 Å². The highest BCUT2D eigenvalue weighted by atomic mass is 35.5. The van der Waals surface area contributed by atoms with Gasteiger partial charge in [-0.05, 0) is 52.2 Å². The Labute approximate surface area is 225 Å². The van der Waals surface area contributed by atoms with Crippen LogP contribution in [-0.2, 0) is 15.1 Å². The van der Waals surface area contributed by atoms with Crippen LogP contribution in [0.15, 0.2) is 71.4 Å². The van der Waals surface area contributed by atoms with Crippen molar-refractivity contribution in [3.8, 4) is 11.6 Å². The number of hydrogen-bond donors (Lipinski definition) is 1. The summed E-state index contributed by atoms with van der Waals surface area (Å²) in [6.07, 6.45) is -0.0931. The first-order chi connectivity index (χ1) is 17.3. The number of hydrogen-bond acceptors (Lipinski definition) is 7. The number of carbonyl (C=O) groups excluding carboxylic acids is 2. The Balaban J connectivity index is 1.59. The number of Topliss-reactive ketones (excluding diaryl/α,β-unsaturated/α-hetero) is 1.